The van der Waals surface area contributed by atoms with E-state index < -0.39 is 154 Å². The molecule has 0 saturated carbocycles. The van der Waals surface area contributed by atoms with Crippen LogP contribution in [0.3, 0.4) is 0 Å². The van der Waals surface area contributed by atoms with Crippen LogP contribution in [-0.2, 0) is 47.5 Å². The molecule has 0 bridgehead atoms. The Morgan fingerprint density at radius 2 is 1.06 bits per heavy atom. The van der Waals surface area contributed by atoms with Crippen molar-refractivity contribution >= 4 is 11.9 Å². The van der Waals surface area contributed by atoms with Crippen molar-refractivity contribution < 1.29 is 104 Å². The zero-order chi connectivity index (χ0) is 39.2. The third kappa shape index (κ3) is 9.86. The van der Waals surface area contributed by atoms with Crippen molar-refractivity contribution in [2.24, 2.45) is 11.5 Å². The number of carbonyl (C=O) groups is 2. The highest BCUT2D eigenvalue weighted by Gasteiger charge is 2.53. The van der Waals surface area contributed by atoms with Gasteiger partial charge < -0.3 is 111 Å². The number of amides is 1. The SMILES string of the molecule is COC1C(CO)O[C@@H](OC2C(CO)OC(OC3C(CO)O[C@@H](OC)C(NC(C)=O)C3O)C(N)[C@H]2O)C(N)C1O.O=C(O)C1OC(O)[C@@H](O)[C@@H](O)C1O. The van der Waals surface area contributed by atoms with Gasteiger partial charge in [-0.25, -0.2) is 4.79 Å². The number of carboxylic acids is 1. The first-order valence-corrected chi connectivity index (χ1v) is 16.1. The molecule has 4 aliphatic heterocycles. The first kappa shape index (κ1) is 44.5. The van der Waals surface area contributed by atoms with E-state index in [4.69, 9.17) is 70.2 Å². The molecule has 0 radical (unpaired) electrons. The first-order chi connectivity index (χ1) is 24.5. The summed E-state index contributed by atoms with van der Waals surface area (Å²) in [6.07, 6.45) is -23.9. The van der Waals surface area contributed by atoms with Crippen molar-refractivity contribution in [3.05, 3.63) is 0 Å². The molecule has 52 heavy (non-hydrogen) atoms. The zero-order valence-electron chi connectivity index (χ0n) is 28.3. The highest BCUT2D eigenvalue weighted by atomic mass is 16.7. The van der Waals surface area contributed by atoms with Crippen LogP contribution in [0.15, 0.2) is 0 Å². The third-order valence-electron chi connectivity index (χ3n) is 8.94. The maximum atomic E-state index is 11.7. The van der Waals surface area contributed by atoms with Gasteiger partial charge in [0, 0.05) is 21.1 Å². The van der Waals surface area contributed by atoms with E-state index in [1.807, 2.05) is 0 Å². The minimum atomic E-state index is -1.81. The summed E-state index contributed by atoms with van der Waals surface area (Å²) >= 11 is 0. The van der Waals surface area contributed by atoms with Gasteiger partial charge in [-0.1, -0.05) is 0 Å². The van der Waals surface area contributed by atoms with E-state index >= 15 is 0 Å². The number of nitrogens with one attached hydrogen (secondary N) is 1. The zero-order valence-corrected chi connectivity index (χ0v) is 28.3. The second-order valence-corrected chi connectivity index (χ2v) is 12.4. The second kappa shape index (κ2) is 19.6. The average molecular weight is 766 g/mol. The summed E-state index contributed by atoms with van der Waals surface area (Å²) in [6, 6.07) is -3.57. The molecule has 0 aliphatic carbocycles. The van der Waals surface area contributed by atoms with Crippen molar-refractivity contribution in [3.8, 4) is 0 Å². The lowest BCUT2D eigenvalue weighted by atomic mass is 9.94. The summed E-state index contributed by atoms with van der Waals surface area (Å²) in [5.41, 5.74) is 12.2. The molecule has 24 heteroatoms. The standard InChI is InChI=1S/C22H41N3O14.C6H10O7/c1-7(29)25-13-16(32)19(10(6-28)37-22(13)34-3)39-21-12(24)15(31)18(9(5-27)36-21)38-20-11(23)14(30)17(33-2)8(4-26)35-20;7-1-2(8)4(5(10)11)13-6(12)3(1)9/h8-22,26-28,30-32H,4-6,23-24H2,1-3H3,(H,25,29);1-4,6-9,12H,(H,10,11)/t8?,9?,10?,11?,12?,13?,14?,15-,16?,17?,18?,19?,20+,21?,22-;1-,2?,3-,4?,6?/m10/s1. The van der Waals surface area contributed by atoms with Gasteiger partial charge in [-0.05, 0) is 0 Å². The first-order valence-electron chi connectivity index (χ1n) is 16.1. The van der Waals surface area contributed by atoms with Gasteiger partial charge in [-0.3, -0.25) is 4.79 Å². The molecular weight excluding hydrogens is 714 g/mol. The fraction of sp³-hybridized carbons (Fsp3) is 0.929. The molecular formula is C28H51N3O21. The topological polar surface area (TPSA) is 395 Å². The van der Waals surface area contributed by atoms with Crippen LogP contribution in [0, 0.1) is 0 Å². The lowest BCUT2D eigenvalue weighted by molar-refractivity contribution is -0.350. The van der Waals surface area contributed by atoms with Crippen molar-refractivity contribution in [1.29, 1.82) is 0 Å². The van der Waals surface area contributed by atoms with Crippen LogP contribution in [0.1, 0.15) is 6.92 Å². The van der Waals surface area contributed by atoms with Gasteiger partial charge >= 0.3 is 5.97 Å². The van der Waals surface area contributed by atoms with E-state index in [2.05, 4.69) is 10.1 Å². The number of rotatable bonds is 11. The minimum Gasteiger partial charge on any atom is -0.479 e. The summed E-state index contributed by atoms with van der Waals surface area (Å²) < 4.78 is 43.3. The van der Waals surface area contributed by atoms with Crippen molar-refractivity contribution in [2.75, 3.05) is 34.0 Å². The molecule has 20 atom stereocenters. The molecule has 15 unspecified atom stereocenters. The Bertz CT molecular complexity index is 1130. The van der Waals surface area contributed by atoms with Crippen LogP contribution in [-0.4, -0.2) is 225 Å². The van der Waals surface area contributed by atoms with E-state index in [9.17, 15) is 40.2 Å². The van der Waals surface area contributed by atoms with E-state index in [0.29, 0.717) is 0 Å². The van der Waals surface area contributed by atoms with Gasteiger partial charge in [0.2, 0.25) is 5.91 Å². The summed E-state index contributed by atoms with van der Waals surface area (Å²) in [7, 11) is 2.61. The molecule has 1 amide bonds. The Labute approximate surface area is 296 Å². The van der Waals surface area contributed by atoms with Gasteiger partial charge in [0.1, 0.15) is 79.3 Å². The van der Waals surface area contributed by atoms with E-state index in [0.717, 1.165) is 0 Å². The number of aliphatic carboxylic acids is 1. The van der Waals surface area contributed by atoms with Gasteiger partial charge in [-0.15, -0.1) is 0 Å². The molecule has 0 aromatic carbocycles. The lowest BCUT2D eigenvalue weighted by Crippen LogP contribution is -2.70. The minimum absolute atomic E-state index is 0.485. The molecule has 16 N–H and O–H groups in total. The van der Waals surface area contributed by atoms with Crippen LogP contribution in [0.2, 0.25) is 0 Å². The smallest absolute Gasteiger partial charge is 0.335 e. The highest BCUT2D eigenvalue weighted by Crippen LogP contribution is 2.32. The number of ether oxygens (including phenoxy) is 8. The Hall–Kier alpha value is -1.86. The second-order valence-electron chi connectivity index (χ2n) is 12.4. The molecule has 24 nitrogen and oxygen atoms in total. The maximum Gasteiger partial charge on any atom is 0.335 e. The summed E-state index contributed by atoms with van der Waals surface area (Å²) in [6.45, 7) is -0.584. The number of hydrogen-bond acceptors (Lipinski definition) is 22. The molecule has 0 aromatic heterocycles. The van der Waals surface area contributed by atoms with E-state index in [1.165, 1.54) is 21.1 Å². The average Bonchev–Trinajstić information content (AvgIpc) is 3.11. The molecule has 4 saturated heterocycles. The molecule has 304 valence electrons. The Balaban J connectivity index is 0.000000471. The van der Waals surface area contributed by atoms with Crippen molar-refractivity contribution in [3.63, 3.8) is 0 Å². The number of carboxylic acid groups (broad SMARTS) is 1. The number of methoxy groups -OCH3 is 2. The molecule has 4 aliphatic rings. The highest BCUT2D eigenvalue weighted by molar-refractivity contribution is 5.73. The number of nitrogens with two attached hydrogens (primary N) is 2. The number of hydrogen-bond donors (Lipinski definition) is 14. The molecule has 4 fully saturated rings. The predicted molar refractivity (Wildman–Crippen MR) is 163 cm³/mol. The number of carbonyl (C=O) groups excluding carboxylic acids is 1. The van der Waals surface area contributed by atoms with Crippen molar-refractivity contribution in [2.45, 2.75) is 130 Å². The predicted octanol–water partition coefficient (Wildman–Crippen LogP) is -9.32. The quantitative estimate of drug-likeness (QED) is 0.0928. The largest absolute Gasteiger partial charge is 0.479 e. The molecule has 0 aromatic rings. The monoisotopic (exact) mass is 765 g/mol. The van der Waals surface area contributed by atoms with Gasteiger partial charge in [0.05, 0.1) is 31.9 Å². The Morgan fingerprint density at radius 3 is 1.48 bits per heavy atom. The Morgan fingerprint density at radius 1 is 0.615 bits per heavy atom. The normalized spacial score (nSPS) is 46.8. The molecule has 4 rings (SSSR count). The van der Waals surface area contributed by atoms with Crippen LogP contribution in [0.4, 0.5) is 0 Å². The third-order valence-corrected chi connectivity index (χ3v) is 8.94. The number of aliphatic hydroxyl groups excluding tert-OH is 10. The molecule has 4 heterocycles. The Kier molecular flexibility index (Phi) is 16.8. The lowest BCUT2D eigenvalue weighted by Gasteiger charge is -2.49. The van der Waals surface area contributed by atoms with E-state index in [-0.39, 0.29) is 0 Å². The van der Waals surface area contributed by atoms with Gasteiger partial charge in [-0.2, -0.15) is 0 Å². The summed E-state index contributed by atoms with van der Waals surface area (Å²) in [5.74, 6) is -2.00. The summed E-state index contributed by atoms with van der Waals surface area (Å²) in [5, 5.41) is 109. The van der Waals surface area contributed by atoms with E-state index in [1.54, 1.807) is 0 Å². The van der Waals surface area contributed by atoms with Crippen LogP contribution < -0.4 is 16.8 Å². The maximum absolute atomic E-state index is 11.7. The van der Waals surface area contributed by atoms with Gasteiger partial charge in [0.15, 0.2) is 31.3 Å². The fourth-order valence-electron chi connectivity index (χ4n) is 6.08. The fourth-order valence-corrected chi connectivity index (χ4v) is 6.08. The molecule has 0 spiro atoms. The van der Waals surface area contributed by atoms with Crippen LogP contribution >= 0.6 is 0 Å². The number of aliphatic hydroxyl groups is 10. The summed E-state index contributed by atoms with van der Waals surface area (Å²) in [4.78, 5) is 22.0. The van der Waals surface area contributed by atoms with Crippen molar-refractivity contribution in [1.82, 2.24) is 5.32 Å². The van der Waals surface area contributed by atoms with Gasteiger partial charge in [0.25, 0.3) is 0 Å². The van der Waals surface area contributed by atoms with Crippen LogP contribution in [0.25, 0.3) is 0 Å². The van der Waals surface area contributed by atoms with Crippen LogP contribution in [0.5, 0.6) is 0 Å².